The summed E-state index contributed by atoms with van der Waals surface area (Å²) < 4.78 is 29.1. The quantitative estimate of drug-likeness (QED) is 0.414. The van der Waals surface area contributed by atoms with Crippen molar-refractivity contribution in [3.8, 4) is 0 Å². The van der Waals surface area contributed by atoms with Crippen molar-refractivity contribution in [1.29, 1.82) is 0 Å². The molecule has 2 aromatic heterocycles. The second-order valence-electron chi connectivity index (χ2n) is 8.02. The van der Waals surface area contributed by atoms with E-state index in [0.717, 1.165) is 53.0 Å². The van der Waals surface area contributed by atoms with Crippen molar-refractivity contribution in [2.75, 3.05) is 30.3 Å². The van der Waals surface area contributed by atoms with Gasteiger partial charge in [-0.05, 0) is 49.4 Å². The van der Waals surface area contributed by atoms with Gasteiger partial charge in [0.15, 0.2) is 5.65 Å². The van der Waals surface area contributed by atoms with E-state index in [1.807, 2.05) is 7.05 Å². The lowest BCUT2D eigenvalue weighted by Gasteiger charge is -2.30. The van der Waals surface area contributed by atoms with E-state index in [0.29, 0.717) is 24.5 Å². The highest BCUT2D eigenvalue weighted by Crippen LogP contribution is 2.32. The van der Waals surface area contributed by atoms with Gasteiger partial charge in [-0.15, -0.1) is 0 Å². The summed E-state index contributed by atoms with van der Waals surface area (Å²) in [6.45, 7) is 1.78. The third-order valence-corrected chi connectivity index (χ3v) is 8.88. The molecule has 0 saturated carbocycles. The molecule has 0 N–H and O–H groups in total. The van der Waals surface area contributed by atoms with Crippen LogP contribution < -0.4 is 4.90 Å². The number of carbonyl (C=O) groups excluding carboxylic acids is 1. The van der Waals surface area contributed by atoms with E-state index in [1.54, 1.807) is 38.3 Å². The van der Waals surface area contributed by atoms with E-state index in [-0.39, 0.29) is 11.7 Å². The normalized spacial score (nSPS) is 17.1. The molecule has 11 heteroatoms. The highest BCUT2D eigenvalue weighted by Gasteiger charge is 2.29. The second kappa shape index (κ2) is 8.45. The molecule has 0 unspecified atom stereocenters. The van der Waals surface area contributed by atoms with Crippen LogP contribution in [-0.4, -0.2) is 63.8 Å². The molecule has 5 rings (SSSR count). The van der Waals surface area contributed by atoms with Crippen LogP contribution >= 0.6 is 11.8 Å². The molecular weight excluding hydrogens is 448 g/mol. The minimum Gasteiger partial charge on any atom is -0.311 e. The number of aromatic nitrogens is 4. The molecule has 168 valence electrons. The van der Waals surface area contributed by atoms with Crippen molar-refractivity contribution in [1.82, 2.24) is 24.1 Å². The van der Waals surface area contributed by atoms with E-state index in [9.17, 15) is 13.2 Å². The first-order valence-corrected chi connectivity index (χ1v) is 13.1. The van der Waals surface area contributed by atoms with E-state index >= 15 is 0 Å². The molecule has 0 bridgehead atoms. The van der Waals surface area contributed by atoms with Gasteiger partial charge >= 0.3 is 0 Å². The number of aryl methyl sites for hydroxylation is 2. The van der Waals surface area contributed by atoms with Crippen LogP contribution in [0.2, 0.25) is 0 Å². The van der Waals surface area contributed by atoms with Crippen LogP contribution in [0.3, 0.4) is 0 Å². The van der Waals surface area contributed by atoms with E-state index in [1.165, 1.54) is 18.1 Å². The molecule has 2 aliphatic rings. The molecule has 32 heavy (non-hydrogen) atoms. The Balaban J connectivity index is 1.35. The maximum atomic E-state index is 13.1. The molecule has 0 aliphatic carbocycles. The van der Waals surface area contributed by atoms with Crippen molar-refractivity contribution < 1.29 is 13.2 Å². The maximum absolute atomic E-state index is 13.1. The Labute approximate surface area is 190 Å². The smallest absolute Gasteiger partial charge is 0.243 e. The molecule has 0 spiro atoms. The highest BCUT2D eigenvalue weighted by molar-refractivity contribution is 8.00. The van der Waals surface area contributed by atoms with E-state index < -0.39 is 10.0 Å². The number of hydrogen-bond donors (Lipinski definition) is 0. The maximum Gasteiger partial charge on any atom is 0.243 e. The van der Waals surface area contributed by atoms with Gasteiger partial charge in [0.2, 0.25) is 15.9 Å². The fourth-order valence-electron chi connectivity index (χ4n) is 4.33. The van der Waals surface area contributed by atoms with E-state index in [2.05, 4.69) is 15.1 Å². The number of carbonyl (C=O) groups is 1. The lowest BCUT2D eigenvalue weighted by Crippen LogP contribution is -2.37. The number of rotatable bonds is 5. The van der Waals surface area contributed by atoms with E-state index in [4.69, 9.17) is 0 Å². The predicted molar refractivity (Wildman–Crippen MR) is 122 cm³/mol. The van der Waals surface area contributed by atoms with Gasteiger partial charge in [0.05, 0.1) is 22.2 Å². The summed E-state index contributed by atoms with van der Waals surface area (Å²) in [6.07, 6.45) is 6.56. The highest BCUT2D eigenvalue weighted by atomic mass is 32.2. The number of amides is 1. The molecule has 1 amide bonds. The number of fused-ring (bicyclic) bond motifs is 2. The molecule has 0 atom stereocenters. The van der Waals surface area contributed by atoms with Crippen LogP contribution in [0.5, 0.6) is 0 Å². The van der Waals surface area contributed by atoms with Crippen LogP contribution in [-0.2, 0) is 28.3 Å². The fraction of sp³-hybridized carbons (Fsp3) is 0.429. The van der Waals surface area contributed by atoms with Gasteiger partial charge < -0.3 is 4.90 Å². The molecule has 2 aliphatic heterocycles. The van der Waals surface area contributed by atoms with Crippen LogP contribution in [0, 0.1) is 0 Å². The lowest BCUT2D eigenvalue weighted by atomic mass is 10.0. The zero-order chi connectivity index (χ0) is 22.3. The first-order chi connectivity index (χ1) is 15.4. The average molecular weight is 473 g/mol. The van der Waals surface area contributed by atoms with Crippen LogP contribution in [0.1, 0.15) is 24.8 Å². The van der Waals surface area contributed by atoms with Gasteiger partial charge in [0.25, 0.3) is 0 Å². The summed E-state index contributed by atoms with van der Waals surface area (Å²) in [5.74, 6) is 0.204. The molecule has 4 heterocycles. The number of anilines is 1. The summed E-state index contributed by atoms with van der Waals surface area (Å²) in [5.41, 5.74) is 2.44. The zero-order valence-electron chi connectivity index (χ0n) is 17.8. The van der Waals surface area contributed by atoms with Crippen molar-refractivity contribution >= 4 is 44.4 Å². The summed E-state index contributed by atoms with van der Waals surface area (Å²) in [7, 11) is -1.65. The van der Waals surface area contributed by atoms with Gasteiger partial charge in [0, 0.05) is 32.4 Å². The fourth-order valence-corrected chi connectivity index (χ4v) is 6.74. The Bertz CT molecular complexity index is 1280. The molecule has 1 aromatic carbocycles. The van der Waals surface area contributed by atoms with Crippen molar-refractivity contribution in [3.05, 3.63) is 36.3 Å². The van der Waals surface area contributed by atoms with Gasteiger partial charge in [-0.2, -0.15) is 9.40 Å². The first kappa shape index (κ1) is 21.4. The Morgan fingerprint density at radius 3 is 2.75 bits per heavy atom. The van der Waals surface area contributed by atoms with Gasteiger partial charge in [-0.3, -0.25) is 9.48 Å². The van der Waals surface area contributed by atoms with Gasteiger partial charge in [-0.1, -0.05) is 11.8 Å². The monoisotopic (exact) mass is 472 g/mol. The Morgan fingerprint density at radius 2 is 1.94 bits per heavy atom. The molecule has 3 aromatic rings. The predicted octanol–water partition coefficient (Wildman–Crippen LogP) is 2.22. The van der Waals surface area contributed by atoms with Crippen molar-refractivity contribution in [3.63, 3.8) is 0 Å². The third-order valence-electron chi connectivity index (χ3n) is 6.00. The van der Waals surface area contributed by atoms with Crippen molar-refractivity contribution in [2.24, 2.45) is 7.05 Å². The minimum absolute atomic E-state index is 0.0262. The summed E-state index contributed by atoms with van der Waals surface area (Å²) >= 11 is 1.37. The summed E-state index contributed by atoms with van der Waals surface area (Å²) in [6, 6.07) is 5.16. The number of benzene rings is 1. The van der Waals surface area contributed by atoms with Crippen LogP contribution in [0.15, 0.2) is 40.6 Å². The Kier molecular flexibility index (Phi) is 5.64. The molecular formula is C21H24N6O3S2. The molecule has 0 radical (unpaired) electrons. The minimum atomic E-state index is -3.47. The Hall–Kier alpha value is -2.50. The lowest BCUT2D eigenvalue weighted by molar-refractivity contribution is -0.116. The topological polar surface area (TPSA) is 101 Å². The van der Waals surface area contributed by atoms with Crippen LogP contribution in [0.25, 0.3) is 11.0 Å². The zero-order valence-corrected chi connectivity index (χ0v) is 19.4. The number of nitrogens with zero attached hydrogens (tertiary/aromatic N) is 6. The summed E-state index contributed by atoms with van der Waals surface area (Å²) in [4.78, 5) is 23.7. The number of thioether (sulfide) groups is 1. The Morgan fingerprint density at radius 1 is 1.12 bits per heavy atom. The standard InChI is InChI=1S/C21H24N6O3S2/c1-25-20-17(12-24-25)21(23-14-22-20)31-13-19(28)27-10-4-5-15-11-16(6-7-18(15)27)32(29,30)26-8-2-3-9-26/h6-7,11-12,14H,2-5,8-10,13H2,1H3. The van der Waals surface area contributed by atoms with Gasteiger partial charge in [-0.25, -0.2) is 18.4 Å². The van der Waals surface area contributed by atoms with Gasteiger partial charge in [0.1, 0.15) is 11.4 Å². The number of hydrogen-bond acceptors (Lipinski definition) is 7. The molecule has 1 saturated heterocycles. The number of sulfonamides is 1. The van der Waals surface area contributed by atoms with Crippen LogP contribution in [0.4, 0.5) is 5.69 Å². The van der Waals surface area contributed by atoms with Crippen molar-refractivity contribution in [2.45, 2.75) is 35.6 Å². The second-order valence-corrected chi connectivity index (χ2v) is 10.9. The molecule has 9 nitrogen and oxygen atoms in total. The third kappa shape index (κ3) is 3.78. The average Bonchev–Trinajstić information content (AvgIpc) is 3.48. The largest absolute Gasteiger partial charge is 0.311 e. The SMILES string of the molecule is Cn1ncc2c(SCC(=O)N3CCCc4cc(S(=O)(=O)N5CCCC5)ccc43)ncnc21. The molecule has 1 fully saturated rings. The summed E-state index contributed by atoms with van der Waals surface area (Å²) in [5, 5.41) is 5.76. The first-order valence-electron chi connectivity index (χ1n) is 10.6.